The normalized spacial score (nSPS) is 10.7. The Kier molecular flexibility index (Phi) is 7.62. The smallest absolute Gasteiger partial charge is 0.329 e. The van der Waals surface area contributed by atoms with Gasteiger partial charge in [0.2, 0.25) is 0 Å². The van der Waals surface area contributed by atoms with E-state index in [-0.39, 0.29) is 0 Å². The molecule has 0 aromatic heterocycles. The van der Waals surface area contributed by atoms with E-state index in [1.165, 1.54) is 0 Å². The number of nitrogens with two attached hydrogens (primary N) is 2. The van der Waals surface area contributed by atoms with E-state index in [1.807, 2.05) is 0 Å². The van der Waals surface area contributed by atoms with E-state index in [0.29, 0.717) is 13.1 Å². The lowest BCUT2D eigenvalue weighted by Crippen LogP contribution is -2.11. The van der Waals surface area contributed by atoms with Crippen molar-refractivity contribution in [2.24, 2.45) is 11.5 Å². The van der Waals surface area contributed by atoms with E-state index in [0.717, 1.165) is 0 Å². The first kappa shape index (κ1) is 13.2. The molecule has 0 aliphatic heterocycles. The highest BCUT2D eigenvalue weighted by Crippen LogP contribution is 2.01. The zero-order valence-corrected chi connectivity index (χ0v) is 6.19. The summed E-state index contributed by atoms with van der Waals surface area (Å²) in [6, 6.07) is 0. The van der Waals surface area contributed by atoms with E-state index < -0.39 is 15.2 Å². The van der Waals surface area contributed by atoms with Crippen LogP contribution < -0.4 is 11.5 Å². The quantitative estimate of drug-likeness (QED) is 0.444. The van der Waals surface area contributed by atoms with Crippen molar-refractivity contribution in [1.29, 1.82) is 0 Å². The highest BCUT2D eigenvalue weighted by Gasteiger charge is 2.18. The van der Waals surface area contributed by atoms with Crippen LogP contribution in [0.15, 0.2) is 0 Å². The van der Waals surface area contributed by atoms with Gasteiger partial charge in [-0.3, -0.25) is 0 Å². The van der Waals surface area contributed by atoms with Crippen molar-refractivity contribution in [3.05, 3.63) is 0 Å². The van der Waals surface area contributed by atoms with Crippen LogP contribution in [-0.4, -0.2) is 26.3 Å². The lowest BCUT2D eigenvalue weighted by molar-refractivity contribution is -0.0591. The van der Waals surface area contributed by atoms with Gasteiger partial charge in [-0.05, 0) is 0 Å². The van der Waals surface area contributed by atoms with Crippen LogP contribution in [0, 0.1) is 0 Å². The maximum absolute atomic E-state index is 10.7. The molecule has 0 fully saturated rings. The fourth-order valence-corrected chi connectivity index (χ4v) is 0. The summed E-state index contributed by atoms with van der Waals surface area (Å²) >= 11 is 0. The second-order valence-electron chi connectivity index (χ2n) is 1.19. The molecule has 5 nitrogen and oxygen atoms in total. The second-order valence-corrected chi connectivity index (χ2v) is 2.29. The molecule has 70 valence electrons. The number of rotatable bonds is 2. The van der Waals surface area contributed by atoms with Gasteiger partial charge in [0.1, 0.15) is 0 Å². The predicted molar refractivity (Wildman–Crippen MR) is 32.2 cm³/mol. The minimum atomic E-state index is -5.74. The molecule has 0 aromatic carbocycles. The van der Waals surface area contributed by atoms with Crippen LogP contribution in [0.25, 0.3) is 0 Å². The van der Waals surface area contributed by atoms with Gasteiger partial charge in [0.05, 0.1) is 0 Å². The van der Waals surface area contributed by atoms with Gasteiger partial charge in [0.15, 0.2) is 4.75 Å². The summed E-state index contributed by atoms with van der Waals surface area (Å²) in [6.45, 7) is 1.19. The highest BCUT2D eigenvalue weighted by molar-refractivity contribution is 7.83. The molecule has 0 spiro atoms. The summed E-state index contributed by atoms with van der Waals surface area (Å²) in [5, 5.41) is 0. The number of hydrogen-bond acceptors (Lipinski definition) is 4. The Morgan fingerprint density at radius 1 is 1.18 bits per heavy atom. The van der Waals surface area contributed by atoms with E-state index in [9.17, 15) is 12.8 Å². The van der Waals surface area contributed by atoms with E-state index in [2.05, 4.69) is 0 Å². The molecule has 0 aliphatic rings. The molecule has 0 heterocycles. The summed E-state index contributed by atoms with van der Waals surface area (Å²) in [6.07, 6.45) is 0. The van der Waals surface area contributed by atoms with Crippen molar-refractivity contribution in [2.75, 3.05) is 13.1 Å². The van der Waals surface area contributed by atoms with Gasteiger partial charge < -0.3 is 11.5 Å². The summed E-state index contributed by atoms with van der Waals surface area (Å²) in [5.74, 6) is 0. The fourth-order valence-electron chi connectivity index (χ4n) is 0. The standard InChI is InChI=1S/C2H8N2.F3NO2S/c3-1-2-4;1-4(2)7(3,5)6/h1-4H2;. The van der Waals surface area contributed by atoms with Crippen molar-refractivity contribution < 1.29 is 21.3 Å². The van der Waals surface area contributed by atoms with Gasteiger partial charge in [0.25, 0.3) is 0 Å². The summed E-state index contributed by atoms with van der Waals surface area (Å²) in [4.78, 5) is 0. The SMILES string of the molecule is NCCN.O=S(=O)(F)N(F)F. The Labute approximate surface area is 62.0 Å². The maximum atomic E-state index is 10.7. The van der Waals surface area contributed by atoms with Gasteiger partial charge in [-0.2, -0.15) is 8.42 Å². The molecule has 9 heteroatoms. The van der Waals surface area contributed by atoms with Crippen molar-refractivity contribution in [1.82, 2.24) is 4.75 Å². The van der Waals surface area contributed by atoms with Crippen LogP contribution >= 0.6 is 0 Å². The average molecular weight is 195 g/mol. The number of nitrogens with zero attached hydrogens (tertiary/aromatic N) is 1. The third-order valence-corrected chi connectivity index (χ3v) is 0.661. The largest absolute Gasteiger partial charge is 0.430 e. The van der Waals surface area contributed by atoms with Gasteiger partial charge in [-0.25, -0.2) is 0 Å². The second kappa shape index (κ2) is 6.34. The van der Waals surface area contributed by atoms with E-state index in [4.69, 9.17) is 19.9 Å². The monoisotopic (exact) mass is 195 g/mol. The Balaban J connectivity index is 0. The zero-order valence-electron chi connectivity index (χ0n) is 5.37. The Morgan fingerprint density at radius 2 is 1.36 bits per heavy atom. The first-order valence-corrected chi connectivity index (χ1v) is 3.67. The first-order valence-electron chi connectivity index (χ1n) is 2.32. The van der Waals surface area contributed by atoms with Crippen molar-refractivity contribution in [2.45, 2.75) is 0 Å². The van der Waals surface area contributed by atoms with E-state index >= 15 is 0 Å². The molecular formula is C2H8F3N3O2S. The molecule has 11 heavy (non-hydrogen) atoms. The van der Waals surface area contributed by atoms with Gasteiger partial charge in [-0.1, -0.05) is 12.8 Å². The van der Waals surface area contributed by atoms with Crippen molar-refractivity contribution >= 4 is 10.4 Å². The van der Waals surface area contributed by atoms with Crippen LogP contribution in [0.3, 0.4) is 0 Å². The Hall–Kier alpha value is -0.380. The lowest BCUT2D eigenvalue weighted by Gasteiger charge is -1.85. The summed E-state index contributed by atoms with van der Waals surface area (Å²) < 4.78 is 46.7. The van der Waals surface area contributed by atoms with Crippen LogP contribution in [0.1, 0.15) is 0 Å². The third kappa shape index (κ3) is 12.7. The van der Waals surface area contributed by atoms with Crippen molar-refractivity contribution in [3.63, 3.8) is 0 Å². The molecule has 0 bridgehead atoms. The Morgan fingerprint density at radius 3 is 1.36 bits per heavy atom. The summed E-state index contributed by atoms with van der Waals surface area (Å²) in [7, 11) is -5.74. The Bertz CT molecular complexity index is 167. The highest BCUT2D eigenvalue weighted by atomic mass is 32.3. The van der Waals surface area contributed by atoms with Gasteiger partial charge >= 0.3 is 10.4 Å². The third-order valence-electron chi connectivity index (χ3n) is 0.332. The van der Waals surface area contributed by atoms with Crippen LogP contribution in [0.2, 0.25) is 0 Å². The molecule has 0 amide bonds. The topological polar surface area (TPSA) is 89.4 Å². The molecule has 4 N–H and O–H groups in total. The van der Waals surface area contributed by atoms with Crippen LogP contribution in [-0.2, 0) is 10.4 Å². The molecule has 0 saturated carbocycles. The number of halogens is 3. The van der Waals surface area contributed by atoms with E-state index in [1.54, 1.807) is 0 Å². The minimum Gasteiger partial charge on any atom is -0.329 e. The van der Waals surface area contributed by atoms with Gasteiger partial charge in [0, 0.05) is 13.1 Å². The molecule has 0 saturated heterocycles. The van der Waals surface area contributed by atoms with Crippen LogP contribution in [0.4, 0.5) is 12.8 Å². The lowest BCUT2D eigenvalue weighted by atomic mass is 10.7. The molecular weight excluding hydrogens is 187 g/mol. The average Bonchev–Trinajstić information content (AvgIpc) is 1.87. The van der Waals surface area contributed by atoms with Crippen molar-refractivity contribution in [3.8, 4) is 0 Å². The summed E-state index contributed by atoms with van der Waals surface area (Å²) in [5.41, 5.74) is 9.81. The van der Waals surface area contributed by atoms with Crippen LogP contribution in [0.5, 0.6) is 0 Å². The molecule has 0 aliphatic carbocycles. The maximum Gasteiger partial charge on any atom is 0.430 e. The molecule has 0 unspecified atom stereocenters. The predicted octanol–water partition coefficient (Wildman–Crippen LogP) is -0.825. The molecule has 0 radical (unpaired) electrons. The zero-order chi connectivity index (χ0) is 9.49. The number of hydrogen-bond donors (Lipinski definition) is 2. The molecule has 0 rings (SSSR count). The molecule has 0 atom stereocenters. The molecule has 0 aromatic rings. The van der Waals surface area contributed by atoms with Gasteiger partial charge in [-0.15, -0.1) is 0 Å². The minimum absolute atomic E-state index is 0.597. The fraction of sp³-hybridized carbons (Fsp3) is 1.00. The first-order chi connectivity index (χ1) is 4.86.